The summed E-state index contributed by atoms with van der Waals surface area (Å²) in [6.45, 7) is 2.37. The lowest BCUT2D eigenvalue weighted by Gasteiger charge is -2.19. The second kappa shape index (κ2) is 13.1. The molecule has 1 aliphatic carbocycles. The topological polar surface area (TPSA) is 109 Å². The Balaban J connectivity index is 1.81. The van der Waals surface area contributed by atoms with Crippen LogP contribution in [-0.4, -0.2) is 64.8 Å². The van der Waals surface area contributed by atoms with Crippen LogP contribution in [0, 0.1) is 11.8 Å². The Morgan fingerprint density at radius 1 is 1.20 bits per heavy atom. The third kappa shape index (κ3) is 8.35. The van der Waals surface area contributed by atoms with Gasteiger partial charge in [0, 0.05) is 17.4 Å². The molecule has 7 nitrogen and oxygen atoms in total. The lowest BCUT2D eigenvalue weighted by molar-refractivity contribution is -0.281. The van der Waals surface area contributed by atoms with E-state index >= 15 is 0 Å². The average molecular weight is 443 g/mol. The molecule has 1 aliphatic rings. The second-order valence-electron chi connectivity index (χ2n) is 7.49. The highest BCUT2D eigenvalue weighted by Crippen LogP contribution is 2.36. The maximum atomic E-state index is 10.3. The minimum atomic E-state index is -0.853. The summed E-state index contributed by atoms with van der Waals surface area (Å²) in [6, 6.07) is 6.92. The lowest BCUT2D eigenvalue weighted by Crippen LogP contribution is -2.21. The van der Waals surface area contributed by atoms with Gasteiger partial charge in [-0.1, -0.05) is 42.0 Å². The summed E-state index contributed by atoms with van der Waals surface area (Å²) >= 11 is 5.91. The van der Waals surface area contributed by atoms with Gasteiger partial charge in [0.1, 0.15) is 24.6 Å². The van der Waals surface area contributed by atoms with Crippen LogP contribution >= 0.6 is 11.6 Å². The van der Waals surface area contributed by atoms with Gasteiger partial charge in [-0.15, -0.1) is 0 Å². The van der Waals surface area contributed by atoms with Gasteiger partial charge >= 0.3 is 0 Å². The molecule has 1 aromatic carbocycles. The predicted molar refractivity (Wildman–Crippen MR) is 113 cm³/mol. The second-order valence-corrected chi connectivity index (χ2v) is 7.93. The number of hydrogen-bond donors (Lipinski definition) is 4. The van der Waals surface area contributed by atoms with E-state index in [-0.39, 0.29) is 25.0 Å². The third-order valence-electron chi connectivity index (χ3n) is 5.01. The molecule has 8 heteroatoms. The summed E-state index contributed by atoms with van der Waals surface area (Å²) in [4.78, 5) is 4.12. The van der Waals surface area contributed by atoms with Crippen molar-refractivity contribution in [1.82, 2.24) is 0 Å². The number of benzene rings is 1. The van der Waals surface area contributed by atoms with E-state index < -0.39 is 24.4 Å². The van der Waals surface area contributed by atoms with E-state index in [2.05, 4.69) is 4.89 Å². The third-order valence-corrected chi connectivity index (χ3v) is 5.24. The smallest absolute Gasteiger partial charge is 0.120 e. The van der Waals surface area contributed by atoms with E-state index in [4.69, 9.17) is 26.3 Å². The Hall–Kier alpha value is -1.45. The van der Waals surface area contributed by atoms with Gasteiger partial charge in [0.05, 0.1) is 25.4 Å². The summed E-state index contributed by atoms with van der Waals surface area (Å²) in [6.07, 6.45) is 5.39. The Morgan fingerprint density at radius 3 is 2.73 bits per heavy atom. The Morgan fingerprint density at radius 2 is 2.00 bits per heavy atom. The molecular formula is C22H31ClO7. The number of allylic oxidation sites excluding steroid dienone is 1. The molecule has 0 spiro atoms. The fourth-order valence-electron chi connectivity index (χ4n) is 3.41. The Bertz CT molecular complexity index is 681. The van der Waals surface area contributed by atoms with Crippen LogP contribution in [0.25, 0.3) is 0 Å². The van der Waals surface area contributed by atoms with Crippen LogP contribution in [0.3, 0.4) is 0 Å². The molecular weight excluding hydrogens is 412 g/mol. The van der Waals surface area contributed by atoms with Crippen molar-refractivity contribution in [3.63, 3.8) is 0 Å². The van der Waals surface area contributed by atoms with E-state index in [0.29, 0.717) is 30.2 Å². The number of aliphatic hydroxyl groups is 3. The normalized spacial score (nSPS) is 26.5. The van der Waals surface area contributed by atoms with Gasteiger partial charge in [0.25, 0.3) is 0 Å². The van der Waals surface area contributed by atoms with Crippen LogP contribution in [0.2, 0.25) is 5.02 Å². The minimum Gasteiger partial charge on any atom is -0.491 e. The average Bonchev–Trinajstić information content (AvgIpc) is 2.99. The molecule has 0 saturated heterocycles. The van der Waals surface area contributed by atoms with E-state index in [9.17, 15) is 15.3 Å². The van der Waals surface area contributed by atoms with E-state index in [1.807, 2.05) is 12.2 Å². The molecule has 0 radical (unpaired) electrons. The highest BCUT2D eigenvalue weighted by atomic mass is 35.5. The highest BCUT2D eigenvalue weighted by molar-refractivity contribution is 6.30. The predicted octanol–water partition coefficient (Wildman–Crippen LogP) is 2.83. The number of halogens is 1. The van der Waals surface area contributed by atoms with Gasteiger partial charge in [-0.05, 0) is 37.5 Å². The zero-order valence-corrected chi connectivity index (χ0v) is 17.8. The van der Waals surface area contributed by atoms with Crippen LogP contribution in [0.1, 0.15) is 19.8 Å². The molecule has 0 bridgehead atoms. The fraction of sp³-hybridized carbons (Fsp3) is 0.545. The number of rotatable bonds is 12. The summed E-state index contributed by atoms with van der Waals surface area (Å²) < 4.78 is 10.8. The van der Waals surface area contributed by atoms with Crippen molar-refractivity contribution in [2.45, 2.75) is 44.2 Å². The standard InChI is InChI=1S/C22H31ClO7/c1-15(30-27)13-28-10-3-2-7-19-20(22(26)12-21(19)25)9-8-17(24)14-29-18-6-4-5-16(23)11-18/h2-6,8-9,11,15,17,19-22,24-27H,7,10,12-14H2,1H3/b3-2-,9-8+/t15?,17?,19-,20-,21?,22?/m1/s1. The molecule has 2 rings (SSSR count). The van der Waals surface area contributed by atoms with Crippen molar-refractivity contribution in [2.24, 2.45) is 11.8 Å². The van der Waals surface area contributed by atoms with Crippen LogP contribution in [0.5, 0.6) is 5.75 Å². The van der Waals surface area contributed by atoms with Gasteiger partial charge in [-0.2, -0.15) is 0 Å². The quantitative estimate of drug-likeness (QED) is 0.170. The number of aliphatic hydroxyl groups excluding tert-OH is 3. The van der Waals surface area contributed by atoms with Crippen molar-refractivity contribution in [3.8, 4) is 5.75 Å². The van der Waals surface area contributed by atoms with Gasteiger partial charge in [-0.3, -0.25) is 5.26 Å². The van der Waals surface area contributed by atoms with Gasteiger partial charge in [0.15, 0.2) is 0 Å². The molecule has 30 heavy (non-hydrogen) atoms. The van der Waals surface area contributed by atoms with Crippen molar-refractivity contribution in [3.05, 3.63) is 53.6 Å². The minimum absolute atomic E-state index is 0.0557. The maximum Gasteiger partial charge on any atom is 0.120 e. The summed E-state index contributed by atoms with van der Waals surface area (Å²) in [7, 11) is 0. The molecule has 4 N–H and O–H groups in total. The van der Waals surface area contributed by atoms with Crippen LogP contribution in [-0.2, 0) is 9.62 Å². The maximum absolute atomic E-state index is 10.3. The highest BCUT2D eigenvalue weighted by Gasteiger charge is 2.39. The van der Waals surface area contributed by atoms with E-state index in [1.54, 1.807) is 43.3 Å². The number of ether oxygens (including phenoxy) is 2. The molecule has 0 aliphatic heterocycles. The summed E-state index contributed by atoms with van der Waals surface area (Å²) in [5.41, 5.74) is 0. The monoisotopic (exact) mass is 442 g/mol. The first-order valence-corrected chi connectivity index (χ1v) is 10.4. The first kappa shape index (κ1) is 24.8. The van der Waals surface area contributed by atoms with Gasteiger partial charge in [-0.25, -0.2) is 4.89 Å². The molecule has 168 valence electrons. The zero-order valence-electron chi connectivity index (χ0n) is 17.0. The van der Waals surface area contributed by atoms with Crippen LogP contribution in [0.15, 0.2) is 48.6 Å². The van der Waals surface area contributed by atoms with E-state index in [0.717, 1.165) is 0 Å². The van der Waals surface area contributed by atoms with E-state index in [1.165, 1.54) is 0 Å². The SMILES string of the molecule is CC(COC/C=C\C[C@H]1C(O)CC(O)[C@@H]1/C=C/C(O)COc1cccc(Cl)c1)OO. The summed E-state index contributed by atoms with van der Waals surface area (Å²) in [5, 5.41) is 39.8. The van der Waals surface area contributed by atoms with Crippen LogP contribution in [0.4, 0.5) is 0 Å². The fourth-order valence-corrected chi connectivity index (χ4v) is 3.59. The first-order valence-electron chi connectivity index (χ1n) is 10.0. The van der Waals surface area contributed by atoms with Gasteiger partial charge < -0.3 is 24.8 Å². The molecule has 1 saturated carbocycles. The molecule has 0 amide bonds. The van der Waals surface area contributed by atoms with Crippen molar-refractivity contribution < 1.29 is 34.9 Å². The van der Waals surface area contributed by atoms with Crippen molar-refractivity contribution in [2.75, 3.05) is 19.8 Å². The molecule has 0 aromatic heterocycles. The first-order chi connectivity index (χ1) is 14.4. The molecule has 6 atom stereocenters. The lowest BCUT2D eigenvalue weighted by atomic mass is 9.90. The van der Waals surface area contributed by atoms with Crippen molar-refractivity contribution >= 4 is 11.6 Å². The van der Waals surface area contributed by atoms with Crippen LogP contribution < -0.4 is 4.74 Å². The molecule has 1 fully saturated rings. The number of hydrogen-bond acceptors (Lipinski definition) is 7. The molecule has 4 unspecified atom stereocenters. The summed E-state index contributed by atoms with van der Waals surface area (Å²) in [5.74, 6) is 0.138. The van der Waals surface area contributed by atoms with Crippen molar-refractivity contribution in [1.29, 1.82) is 0 Å². The largest absolute Gasteiger partial charge is 0.491 e. The molecule has 0 heterocycles. The molecule has 1 aromatic rings. The van der Waals surface area contributed by atoms with Gasteiger partial charge in [0.2, 0.25) is 0 Å². The Labute approximate surface area is 182 Å². The Kier molecular flexibility index (Phi) is 10.8. The zero-order chi connectivity index (χ0) is 21.9.